The Morgan fingerprint density at radius 1 is 1.61 bits per heavy atom. The monoisotopic (exact) mass is 335 g/mol. The smallest absolute Gasteiger partial charge is 0.254 e. The molecule has 2 N–H and O–H groups in total. The van der Waals surface area contributed by atoms with E-state index in [1.54, 1.807) is 6.92 Å². The number of hydrogen-bond donors (Lipinski definition) is 2. The van der Waals surface area contributed by atoms with Crippen LogP contribution in [0.3, 0.4) is 0 Å². The number of ether oxygens (including phenoxy) is 2. The molecule has 0 aliphatic carbocycles. The van der Waals surface area contributed by atoms with Crippen molar-refractivity contribution in [2.45, 2.75) is 38.4 Å². The van der Waals surface area contributed by atoms with Crippen molar-refractivity contribution in [3.05, 3.63) is 23.7 Å². The zero-order chi connectivity index (χ0) is 16.1. The van der Waals surface area contributed by atoms with Crippen molar-refractivity contribution in [1.82, 2.24) is 9.97 Å². The van der Waals surface area contributed by atoms with Gasteiger partial charge in [-0.1, -0.05) is 0 Å². The van der Waals surface area contributed by atoms with E-state index in [9.17, 15) is 4.79 Å². The molecule has 2 aromatic heterocycles. The summed E-state index contributed by atoms with van der Waals surface area (Å²) in [5.74, 6) is -0.187. The Kier molecular flexibility index (Phi) is 5.43. The van der Waals surface area contributed by atoms with Gasteiger partial charge >= 0.3 is 0 Å². The molecule has 23 heavy (non-hydrogen) atoms. The highest BCUT2D eigenvalue weighted by atomic mass is 32.1. The third kappa shape index (κ3) is 4.40. The molecule has 124 valence electrons. The lowest BCUT2D eigenvalue weighted by Crippen LogP contribution is -2.32. The van der Waals surface area contributed by atoms with E-state index in [4.69, 9.17) is 9.47 Å². The lowest BCUT2D eigenvalue weighted by molar-refractivity contribution is -0.130. The molecule has 3 rings (SSSR count). The molecule has 0 spiro atoms. The summed E-state index contributed by atoms with van der Waals surface area (Å²) in [4.78, 5) is 19.7. The van der Waals surface area contributed by atoms with Gasteiger partial charge in [0.2, 0.25) is 0 Å². The summed E-state index contributed by atoms with van der Waals surface area (Å²) < 4.78 is 11.2. The van der Waals surface area contributed by atoms with E-state index < -0.39 is 6.10 Å². The summed E-state index contributed by atoms with van der Waals surface area (Å²) in [6.07, 6.45) is 4.70. The molecule has 0 saturated carbocycles. The summed E-state index contributed by atoms with van der Waals surface area (Å²) in [7, 11) is 0. The summed E-state index contributed by atoms with van der Waals surface area (Å²) in [5, 5.41) is 5.28. The maximum atomic E-state index is 12.2. The number of rotatable bonds is 6. The first-order valence-corrected chi connectivity index (χ1v) is 8.73. The number of thiazole rings is 1. The normalized spacial score (nSPS) is 19.4. The number of H-pyrrole nitrogens is 1. The minimum Gasteiger partial charge on any atom is -0.376 e. The number of anilines is 1. The van der Waals surface area contributed by atoms with Gasteiger partial charge in [-0.25, -0.2) is 4.98 Å². The molecule has 7 heteroatoms. The number of amides is 1. The van der Waals surface area contributed by atoms with Gasteiger partial charge in [-0.3, -0.25) is 10.1 Å². The Hall–Kier alpha value is -1.70. The molecule has 1 aliphatic heterocycles. The molecule has 2 atom stereocenters. The van der Waals surface area contributed by atoms with Crippen molar-refractivity contribution in [3.8, 4) is 11.4 Å². The summed E-state index contributed by atoms with van der Waals surface area (Å²) in [5.41, 5.74) is 1.75. The van der Waals surface area contributed by atoms with Crippen LogP contribution in [0.5, 0.6) is 0 Å². The third-order valence-corrected chi connectivity index (χ3v) is 4.54. The number of nitrogens with zero attached hydrogens (tertiary/aromatic N) is 1. The number of aromatic nitrogens is 2. The minimum absolute atomic E-state index is 0.110. The maximum Gasteiger partial charge on any atom is 0.254 e. The fourth-order valence-electron chi connectivity index (χ4n) is 2.42. The topological polar surface area (TPSA) is 76.2 Å². The summed E-state index contributed by atoms with van der Waals surface area (Å²) >= 11 is 1.40. The zero-order valence-electron chi connectivity index (χ0n) is 13.1. The molecule has 1 aliphatic rings. The van der Waals surface area contributed by atoms with Crippen molar-refractivity contribution in [3.63, 3.8) is 0 Å². The Morgan fingerprint density at radius 2 is 2.52 bits per heavy atom. The molecule has 3 heterocycles. The highest BCUT2D eigenvalue weighted by Gasteiger charge is 2.19. The molecule has 0 bridgehead atoms. The molecule has 2 aromatic rings. The number of nitrogens with one attached hydrogen (secondary N) is 2. The Morgan fingerprint density at radius 3 is 3.26 bits per heavy atom. The molecule has 1 fully saturated rings. The second-order valence-electron chi connectivity index (χ2n) is 5.58. The van der Waals surface area contributed by atoms with Gasteiger partial charge in [-0.15, -0.1) is 11.3 Å². The fourth-order valence-corrected chi connectivity index (χ4v) is 3.13. The van der Waals surface area contributed by atoms with Crippen LogP contribution < -0.4 is 5.32 Å². The van der Waals surface area contributed by atoms with Crippen molar-refractivity contribution in [2.75, 3.05) is 18.5 Å². The first-order chi connectivity index (χ1) is 11.2. The van der Waals surface area contributed by atoms with Gasteiger partial charge in [0.25, 0.3) is 5.91 Å². The molecule has 1 amide bonds. The van der Waals surface area contributed by atoms with Gasteiger partial charge in [0.05, 0.1) is 24.1 Å². The molecule has 0 aromatic carbocycles. The average molecular weight is 335 g/mol. The van der Waals surface area contributed by atoms with E-state index in [2.05, 4.69) is 15.3 Å². The SMILES string of the molecule is C[C@H](OC[C@H]1CCCCO1)C(=O)Nc1nc(-c2ccc[nH]2)cs1. The number of aromatic amines is 1. The van der Waals surface area contributed by atoms with Crippen LogP contribution in [0, 0.1) is 0 Å². The van der Waals surface area contributed by atoms with E-state index in [1.165, 1.54) is 11.3 Å². The van der Waals surface area contributed by atoms with Crippen LogP contribution in [0.15, 0.2) is 23.7 Å². The summed E-state index contributed by atoms with van der Waals surface area (Å²) in [6.45, 7) is 2.99. The zero-order valence-corrected chi connectivity index (χ0v) is 13.9. The van der Waals surface area contributed by atoms with E-state index in [0.29, 0.717) is 11.7 Å². The maximum absolute atomic E-state index is 12.2. The Balaban J connectivity index is 1.48. The van der Waals surface area contributed by atoms with Gasteiger partial charge in [-0.05, 0) is 38.3 Å². The van der Waals surface area contributed by atoms with Crippen LogP contribution in [0.2, 0.25) is 0 Å². The van der Waals surface area contributed by atoms with Gasteiger partial charge < -0.3 is 14.5 Å². The second kappa shape index (κ2) is 7.72. The lowest BCUT2D eigenvalue weighted by atomic mass is 10.1. The molecular formula is C16H21N3O3S. The van der Waals surface area contributed by atoms with Crippen LogP contribution in [-0.2, 0) is 14.3 Å². The van der Waals surface area contributed by atoms with Crippen molar-refractivity contribution >= 4 is 22.4 Å². The molecule has 0 unspecified atom stereocenters. The van der Waals surface area contributed by atoms with Crippen LogP contribution >= 0.6 is 11.3 Å². The number of carbonyl (C=O) groups excluding carboxylic acids is 1. The second-order valence-corrected chi connectivity index (χ2v) is 6.43. The lowest BCUT2D eigenvalue weighted by Gasteiger charge is -2.23. The average Bonchev–Trinajstić information content (AvgIpc) is 3.24. The number of hydrogen-bond acceptors (Lipinski definition) is 5. The van der Waals surface area contributed by atoms with E-state index in [-0.39, 0.29) is 12.0 Å². The van der Waals surface area contributed by atoms with Gasteiger partial charge in [-0.2, -0.15) is 0 Å². The molecule has 6 nitrogen and oxygen atoms in total. The van der Waals surface area contributed by atoms with Gasteiger partial charge in [0.15, 0.2) is 5.13 Å². The standard InChI is InChI=1S/C16H21N3O3S/c1-11(22-9-12-5-2-3-8-21-12)15(20)19-16-18-14(10-23-16)13-6-4-7-17-13/h4,6-7,10-12,17H,2-3,5,8-9H2,1H3,(H,18,19,20)/t11-,12+/m0/s1. The highest BCUT2D eigenvalue weighted by Crippen LogP contribution is 2.23. The Bertz CT molecular complexity index is 620. The Labute approximate surface area is 139 Å². The summed E-state index contributed by atoms with van der Waals surface area (Å²) in [6, 6.07) is 3.85. The highest BCUT2D eigenvalue weighted by molar-refractivity contribution is 7.14. The predicted octanol–water partition coefficient (Wildman–Crippen LogP) is 3.05. The number of carbonyl (C=O) groups is 1. The van der Waals surface area contributed by atoms with Crippen LogP contribution in [-0.4, -0.2) is 41.3 Å². The quantitative estimate of drug-likeness (QED) is 0.851. The predicted molar refractivity (Wildman–Crippen MR) is 89.5 cm³/mol. The first-order valence-electron chi connectivity index (χ1n) is 7.86. The minimum atomic E-state index is -0.529. The van der Waals surface area contributed by atoms with Crippen molar-refractivity contribution < 1.29 is 14.3 Å². The van der Waals surface area contributed by atoms with E-state index in [0.717, 1.165) is 37.3 Å². The van der Waals surface area contributed by atoms with Crippen molar-refractivity contribution in [2.24, 2.45) is 0 Å². The molecule has 0 radical (unpaired) electrons. The van der Waals surface area contributed by atoms with Crippen molar-refractivity contribution in [1.29, 1.82) is 0 Å². The van der Waals surface area contributed by atoms with E-state index in [1.807, 2.05) is 23.7 Å². The molecular weight excluding hydrogens is 314 g/mol. The molecule has 1 saturated heterocycles. The largest absolute Gasteiger partial charge is 0.376 e. The van der Waals surface area contributed by atoms with Crippen LogP contribution in [0.1, 0.15) is 26.2 Å². The fraction of sp³-hybridized carbons (Fsp3) is 0.500. The first kappa shape index (κ1) is 16.2. The van der Waals surface area contributed by atoms with Gasteiger partial charge in [0.1, 0.15) is 6.10 Å². The van der Waals surface area contributed by atoms with Crippen LogP contribution in [0.4, 0.5) is 5.13 Å². The third-order valence-electron chi connectivity index (χ3n) is 3.78. The van der Waals surface area contributed by atoms with Gasteiger partial charge in [0, 0.05) is 18.2 Å². The van der Waals surface area contributed by atoms with Crippen LogP contribution in [0.25, 0.3) is 11.4 Å². The van der Waals surface area contributed by atoms with E-state index >= 15 is 0 Å².